The van der Waals surface area contributed by atoms with Crippen molar-refractivity contribution in [3.8, 4) is 0 Å². The summed E-state index contributed by atoms with van der Waals surface area (Å²) in [6.45, 7) is 4.56. The van der Waals surface area contributed by atoms with E-state index in [9.17, 15) is 9.59 Å². The number of fused-ring (bicyclic) bond motifs is 1. The molecule has 2 amide bonds. The normalized spacial score (nSPS) is 15.8. The van der Waals surface area contributed by atoms with Gasteiger partial charge in [0.15, 0.2) is 0 Å². The molecule has 1 aliphatic rings. The summed E-state index contributed by atoms with van der Waals surface area (Å²) in [6.07, 6.45) is 7.52. The van der Waals surface area contributed by atoms with Crippen LogP contribution in [0.15, 0.2) is 40.4 Å². The lowest BCUT2D eigenvalue weighted by molar-refractivity contribution is -0.122. The highest BCUT2D eigenvalue weighted by atomic mass is 35.5. The highest BCUT2D eigenvalue weighted by Crippen LogP contribution is 2.31. The van der Waals surface area contributed by atoms with Gasteiger partial charge in [-0.3, -0.25) is 18.9 Å². The molecule has 0 saturated carbocycles. The van der Waals surface area contributed by atoms with E-state index in [2.05, 4.69) is 22.4 Å². The number of hydrogen-bond donors (Lipinski definition) is 0. The van der Waals surface area contributed by atoms with Gasteiger partial charge in [0.2, 0.25) is 0 Å². The molecule has 2 aromatic heterocycles. The van der Waals surface area contributed by atoms with Gasteiger partial charge in [0.25, 0.3) is 11.1 Å². The summed E-state index contributed by atoms with van der Waals surface area (Å²) in [7, 11) is 0. The number of allylic oxidation sites excluding steroid dienone is 1. The predicted molar refractivity (Wildman–Crippen MR) is 115 cm³/mol. The Bertz CT molecular complexity index is 851. The van der Waals surface area contributed by atoms with Gasteiger partial charge in [0.05, 0.1) is 15.6 Å². The third-order valence-electron chi connectivity index (χ3n) is 4.09. The molecular formula is C19H24ClN3O2S2. The molecule has 3 rings (SSSR count). The van der Waals surface area contributed by atoms with Gasteiger partial charge in [-0.15, -0.1) is 24.2 Å². The number of amides is 2. The van der Waals surface area contributed by atoms with E-state index in [4.69, 9.17) is 0 Å². The second kappa shape index (κ2) is 10.2. The fourth-order valence-electron chi connectivity index (χ4n) is 2.78. The van der Waals surface area contributed by atoms with Gasteiger partial charge in [-0.2, -0.15) is 0 Å². The molecule has 0 atom stereocenters. The Kier molecular flexibility index (Phi) is 8.26. The molecule has 0 radical (unpaired) electrons. The van der Waals surface area contributed by atoms with E-state index in [1.54, 1.807) is 11.8 Å². The van der Waals surface area contributed by atoms with Gasteiger partial charge >= 0.3 is 0 Å². The van der Waals surface area contributed by atoms with Crippen LogP contribution in [-0.4, -0.2) is 37.7 Å². The van der Waals surface area contributed by atoms with Crippen molar-refractivity contribution in [1.29, 1.82) is 0 Å². The minimum Gasteiger partial charge on any atom is -0.294 e. The van der Waals surface area contributed by atoms with E-state index in [1.807, 2.05) is 31.3 Å². The Morgan fingerprint density at radius 1 is 1.26 bits per heavy atom. The lowest BCUT2D eigenvalue weighted by Crippen LogP contribution is -2.29. The maximum absolute atomic E-state index is 12.3. The zero-order chi connectivity index (χ0) is 18.5. The second-order valence-electron chi connectivity index (χ2n) is 6.21. The van der Waals surface area contributed by atoms with E-state index in [0.29, 0.717) is 11.4 Å². The number of thioether (sulfide) groups is 2. The van der Waals surface area contributed by atoms with Crippen molar-refractivity contribution in [1.82, 2.24) is 14.3 Å². The van der Waals surface area contributed by atoms with E-state index in [1.165, 1.54) is 4.90 Å². The highest BCUT2D eigenvalue weighted by molar-refractivity contribution is 8.18. The van der Waals surface area contributed by atoms with Crippen LogP contribution in [0.4, 0.5) is 4.79 Å². The van der Waals surface area contributed by atoms with Crippen LogP contribution in [0.5, 0.6) is 0 Å². The average Bonchev–Trinajstić information content (AvgIpc) is 3.13. The summed E-state index contributed by atoms with van der Waals surface area (Å²) in [5, 5.41) is 1.03. The first kappa shape index (κ1) is 21.9. The van der Waals surface area contributed by atoms with Crippen molar-refractivity contribution in [2.75, 3.05) is 12.3 Å². The molecule has 3 heterocycles. The molecule has 0 spiro atoms. The largest absolute Gasteiger partial charge is 0.294 e. The van der Waals surface area contributed by atoms with Gasteiger partial charge in [0.1, 0.15) is 5.65 Å². The molecule has 0 unspecified atom stereocenters. The van der Waals surface area contributed by atoms with E-state index < -0.39 is 0 Å². The van der Waals surface area contributed by atoms with Crippen LogP contribution in [0.25, 0.3) is 5.65 Å². The Morgan fingerprint density at radius 3 is 2.85 bits per heavy atom. The first-order chi connectivity index (χ1) is 12.6. The average molecular weight is 426 g/mol. The molecule has 0 bridgehead atoms. The monoisotopic (exact) mass is 425 g/mol. The number of aromatic nitrogens is 2. The summed E-state index contributed by atoms with van der Waals surface area (Å²) in [4.78, 5) is 30.7. The van der Waals surface area contributed by atoms with Crippen LogP contribution in [-0.2, 0) is 4.79 Å². The number of carbonyl (C=O) groups is 2. The first-order valence-corrected chi connectivity index (χ1v) is 10.7. The van der Waals surface area contributed by atoms with Gasteiger partial charge < -0.3 is 0 Å². The predicted octanol–water partition coefficient (Wildman–Crippen LogP) is 5.32. The zero-order valence-corrected chi connectivity index (χ0v) is 18.0. The molecule has 1 saturated heterocycles. The molecular weight excluding hydrogens is 402 g/mol. The van der Waals surface area contributed by atoms with E-state index in [0.717, 1.165) is 59.6 Å². The van der Waals surface area contributed by atoms with Crippen molar-refractivity contribution >= 4 is 52.7 Å². The number of halogens is 1. The number of rotatable bonds is 8. The summed E-state index contributed by atoms with van der Waals surface area (Å²) in [5.74, 6) is 0.817. The number of nitrogens with zero attached hydrogens (tertiary/aromatic N) is 3. The SMILES string of the molecule is CCC/C=C1/SC(=O)N(CCCCSc2cccc3nc(C)cn23)C1=O.Cl. The second-order valence-corrected chi connectivity index (χ2v) is 8.32. The molecule has 27 heavy (non-hydrogen) atoms. The highest BCUT2D eigenvalue weighted by Gasteiger charge is 2.34. The molecule has 1 fully saturated rings. The number of unbranched alkanes of at least 4 members (excludes halogenated alkanes) is 2. The van der Waals surface area contributed by atoms with Crippen LogP contribution in [0.1, 0.15) is 38.3 Å². The molecule has 2 aromatic rings. The summed E-state index contributed by atoms with van der Waals surface area (Å²) < 4.78 is 2.11. The minimum absolute atomic E-state index is 0. The first-order valence-electron chi connectivity index (χ1n) is 8.91. The standard InChI is InChI=1S/C19H23N3O2S2.ClH/c1-3-4-8-15-18(23)21(19(24)26-15)11-5-6-12-25-17-10-7-9-16-20-14(2)13-22(16)17;/h7-10,13H,3-6,11-12H2,1-2H3;1H/b15-8+;. The molecule has 0 aliphatic carbocycles. The zero-order valence-electron chi connectivity index (χ0n) is 15.5. The lowest BCUT2D eigenvalue weighted by atomic mass is 10.3. The fourth-order valence-corrected chi connectivity index (χ4v) is 4.67. The van der Waals surface area contributed by atoms with Crippen molar-refractivity contribution in [2.45, 2.75) is 44.6 Å². The third-order valence-corrected chi connectivity index (χ3v) is 6.17. The van der Waals surface area contributed by atoms with Crippen LogP contribution in [0.2, 0.25) is 0 Å². The van der Waals surface area contributed by atoms with E-state index in [-0.39, 0.29) is 23.6 Å². The Hall–Kier alpha value is -1.44. The Morgan fingerprint density at radius 2 is 2.07 bits per heavy atom. The lowest BCUT2D eigenvalue weighted by Gasteiger charge is -2.12. The summed E-state index contributed by atoms with van der Waals surface area (Å²) >= 11 is 2.85. The number of carbonyl (C=O) groups excluding carboxylic acids is 2. The van der Waals surface area contributed by atoms with Crippen LogP contribution in [0.3, 0.4) is 0 Å². The van der Waals surface area contributed by atoms with Crippen LogP contribution in [0, 0.1) is 6.92 Å². The fraction of sp³-hybridized carbons (Fsp3) is 0.421. The maximum Gasteiger partial charge on any atom is 0.293 e. The van der Waals surface area contributed by atoms with Crippen molar-refractivity contribution in [2.24, 2.45) is 0 Å². The van der Waals surface area contributed by atoms with Crippen molar-refractivity contribution in [3.05, 3.63) is 41.1 Å². The Labute approximate surface area is 174 Å². The number of aryl methyl sites for hydroxylation is 1. The topological polar surface area (TPSA) is 54.7 Å². The molecule has 0 aromatic carbocycles. The molecule has 0 N–H and O–H groups in total. The molecule has 8 heteroatoms. The summed E-state index contributed by atoms with van der Waals surface area (Å²) in [6, 6.07) is 6.11. The van der Waals surface area contributed by atoms with Gasteiger partial charge in [-0.1, -0.05) is 25.5 Å². The van der Waals surface area contributed by atoms with Crippen LogP contribution < -0.4 is 0 Å². The van der Waals surface area contributed by atoms with Gasteiger partial charge in [0, 0.05) is 12.7 Å². The number of hydrogen-bond acceptors (Lipinski definition) is 5. The third kappa shape index (κ3) is 5.30. The molecule has 1 aliphatic heterocycles. The molecule has 146 valence electrons. The smallest absolute Gasteiger partial charge is 0.293 e. The van der Waals surface area contributed by atoms with E-state index >= 15 is 0 Å². The maximum atomic E-state index is 12.3. The molecule has 5 nitrogen and oxygen atoms in total. The van der Waals surface area contributed by atoms with Gasteiger partial charge in [-0.05, 0) is 55.8 Å². The van der Waals surface area contributed by atoms with Crippen LogP contribution >= 0.6 is 35.9 Å². The Balaban J connectivity index is 0.00000261. The van der Waals surface area contributed by atoms with Crippen molar-refractivity contribution in [3.63, 3.8) is 0 Å². The van der Waals surface area contributed by atoms with Gasteiger partial charge in [-0.25, -0.2) is 4.98 Å². The summed E-state index contributed by atoms with van der Waals surface area (Å²) in [5.41, 5.74) is 1.97. The van der Waals surface area contributed by atoms with Crippen molar-refractivity contribution < 1.29 is 9.59 Å². The number of imide groups is 1. The number of imidazole rings is 1. The number of pyridine rings is 1. The minimum atomic E-state index is -0.135. The quantitative estimate of drug-likeness (QED) is 0.325.